The standard InChI is InChI=1S/2C17H12N3O.C13H11NOS.Ir/c2*1-21-17-11-10-16(12-6-2-3-7-13(12)17)20-18-14-8-4-5-9-15(14)19-20;15-11-7-3-1-5-9(11)13-14-10-6-2-4-8-12(10)16-13;/h2*2-9,11H,1H3;1-8,10,12,15H;/q2*-1;;. The van der Waals surface area contributed by atoms with E-state index in [4.69, 9.17) is 9.47 Å². The first-order chi connectivity index (χ1) is 28.6. The van der Waals surface area contributed by atoms with Crippen LogP contribution in [0.2, 0.25) is 0 Å². The average molecular weight is 970 g/mol. The number of benzene rings is 7. The van der Waals surface area contributed by atoms with Gasteiger partial charge in [-0.05, 0) is 47.8 Å². The normalized spacial score (nSPS) is 15.1. The summed E-state index contributed by atoms with van der Waals surface area (Å²) in [6.07, 6.45) is 8.34. The Morgan fingerprint density at radius 1 is 0.559 bits per heavy atom. The number of thioether (sulfide) groups is 1. The van der Waals surface area contributed by atoms with Crippen molar-refractivity contribution in [3.05, 3.63) is 175 Å². The van der Waals surface area contributed by atoms with Crippen molar-refractivity contribution in [1.82, 2.24) is 30.0 Å². The van der Waals surface area contributed by atoms with Crippen LogP contribution >= 0.6 is 11.8 Å². The van der Waals surface area contributed by atoms with Crippen molar-refractivity contribution in [2.24, 2.45) is 4.99 Å². The van der Waals surface area contributed by atoms with Crippen LogP contribution < -0.4 is 9.47 Å². The summed E-state index contributed by atoms with van der Waals surface area (Å²) in [6, 6.07) is 49.3. The van der Waals surface area contributed by atoms with Crippen LogP contribution in [0.15, 0.2) is 163 Å². The zero-order chi connectivity index (χ0) is 39.4. The zero-order valence-electron chi connectivity index (χ0n) is 31.8. The molecule has 0 bridgehead atoms. The van der Waals surface area contributed by atoms with Gasteiger partial charge in [0.05, 0.1) is 25.5 Å². The number of para-hydroxylation sites is 1. The summed E-state index contributed by atoms with van der Waals surface area (Å²) < 4.78 is 10.8. The molecule has 293 valence electrons. The number of rotatable bonds is 5. The molecular weight excluding hydrogens is 935 g/mol. The van der Waals surface area contributed by atoms with Gasteiger partial charge in [0.25, 0.3) is 0 Å². The predicted molar refractivity (Wildman–Crippen MR) is 232 cm³/mol. The summed E-state index contributed by atoms with van der Waals surface area (Å²) >= 11 is 1.71. The number of fused-ring (bicyclic) bond motifs is 5. The van der Waals surface area contributed by atoms with Gasteiger partial charge < -0.3 is 14.6 Å². The zero-order valence-corrected chi connectivity index (χ0v) is 35.0. The van der Waals surface area contributed by atoms with E-state index >= 15 is 0 Å². The molecule has 7 aromatic carbocycles. The van der Waals surface area contributed by atoms with Crippen LogP contribution in [-0.2, 0) is 20.1 Å². The van der Waals surface area contributed by atoms with Gasteiger partial charge in [0.15, 0.2) is 0 Å². The summed E-state index contributed by atoms with van der Waals surface area (Å²) in [4.78, 5) is 7.89. The van der Waals surface area contributed by atoms with E-state index in [1.54, 1.807) is 41.6 Å². The van der Waals surface area contributed by atoms with E-state index in [1.165, 1.54) is 0 Å². The molecule has 11 rings (SSSR count). The van der Waals surface area contributed by atoms with E-state index in [0.29, 0.717) is 11.0 Å². The third kappa shape index (κ3) is 7.98. The van der Waals surface area contributed by atoms with Gasteiger partial charge >= 0.3 is 0 Å². The first kappa shape index (κ1) is 39.2. The minimum absolute atomic E-state index is 0. The van der Waals surface area contributed by atoms with E-state index in [2.05, 4.69) is 55.7 Å². The summed E-state index contributed by atoms with van der Waals surface area (Å²) in [5.74, 6) is 1.90. The summed E-state index contributed by atoms with van der Waals surface area (Å²) in [7, 11) is 3.32. The van der Waals surface area contributed by atoms with Crippen LogP contribution in [0.1, 0.15) is 5.56 Å². The van der Waals surface area contributed by atoms with Gasteiger partial charge in [-0.1, -0.05) is 130 Å². The van der Waals surface area contributed by atoms with Crippen LogP contribution in [0.5, 0.6) is 17.2 Å². The Morgan fingerprint density at radius 2 is 0.983 bits per heavy atom. The van der Waals surface area contributed by atoms with Crippen molar-refractivity contribution in [2.45, 2.75) is 11.3 Å². The molecule has 0 spiro atoms. The number of aromatic nitrogens is 6. The number of phenols is 1. The topological polar surface area (TPSA) is 112 Å². The minimum Gasteiger partial charge on any atom is -0.554 e. The third-order valence-electron chi connectivity index (χ3n) is 9.69. The largest absolute Gasteiger partial charge is 0.554 e. The van der Waals surface area contributed by atoms with Gasteiger partial charge in [0, 0.05) is 37.2 Å². The maximum absolute atomic E-state index is 9.77. The number of allylic oxidation sites excluding steroid dienone is 2. The van der Waals surface area contributed by atoms with Crippen LogP contribution in [0.25, 0.3) is 55.0 Å². The number of aromatic hydroxyl groups is 1. The Labute approximate surface area is 357 Å². The van der Waals surface area contributed by atoms with E-state index in [-0.39, 0.29) is 26.1 Å². The molecule has 1 radical (unpaired) electrons. The molecule has 1 aliphatic carbocycles. The van der Waals surface area contributed by atoms with Gasteiger partial charge in [-0.15, -0.1) is 24.3 Å². The van der Waals surface area contributed by atoms with Crippen LogP contribution in [0.4, 0.5) is 0 Å². The van der Waals surface area contributed by atoms with E-state index in [9.17, 15) is 5.11 Å². The average Bonchev–Trinajstić information content (AvgIpc) is 4.03. The second-order valence-electron chi connectivity index (χ2n) is 13.3. The molecule has 10 nitrogen and oxygen atoms in total. The molecule has 0 saturated carbocycles. The summed E-state index contributed by atoms with van der Waals surface area (Å²) in [6.45, 7) is 0. The number of nitrogens with zero attached hydrogens (tertiary/aromatic N) is 7. The number of aliphatic imine (C=N–C) groups is 1. The Balaban J connectivity index is 0.000000123. The Bertz CT molecular complexity index is 2810. The third-order valence-corrected chi connectivity index (χ3v) is 11.0. The van der Waals surface area contributed by atoms with Gasteiger partial charge in [-0.25, -0.2) is 0 Å². The molecule has 1 aliphatic heterocycles. The molecule has 0 saturated heterocycles. The van der Waals surface area contributed by atoms with Crippen molar-refractivity contribution in [2.75, 3.05) is 14.2 Å². The molecule has 0 amide bonds. The fraction of sp³-hybridized carbons (Fsp3) is 0.0851. The molecule has 2 atom stereocenters. The van der Waals surface area contributed by atoms with Gasteiger partial charge in [-0.3, -0.25) is 4.99 Å². The molecule has 2 aromatic heterocycles. The predicted octanol–water partition coefficient (Wildman–Crippen LogP) is 9.51. The molecule has 0 fully saturated rings. The van der Waals surface area contributed by atoms with Gasteiger partial charge in [0.2, 0.25) is 0 Å². The molecule has 2 unspecified atom stereocenters. The summed E-state index contributed by atoms with van der Waals surface area (Å²) in [5.41, 5.74) is 5.95. The Hall–Kier alpha value is -6.59. The van der Waals surface area contributed by atoms with E-state index in [1.807, 2.05) is 133 Å². The molecule has 9 aromatic rings. The second kappa shape index (κ2) is 17.5. The van der Waals surface area contributed by atoms with E-state index in [0.717, 1.165) is 77.1 Å². The monoisotopic (exact) mass is 970 g/mol. The first-order valence-electron chi connectivity index (χ1n) is 18.6. The Kier molecular flexibility index (Phi) is 11.6. The molecule has 12 heteroatoms. The maximum atomic E-state index is 9.77. The number of ether oxygens (including phenoxy) is 2. The molecule has 2 aliphatic rings. The van der Waals surface area contributed by atoms with Gasteiger partial charge in [0.1, 0.15) is 32.9 Å². The fourth-order valence-corrected chi connectivity index (χ4v) is 8.06. The molecular formula is C47H35IrN7O3S-2. The van der Waals surface area contributed by atoms with Crippen LogP contribution in [0.3, 0.4) is 0 Å². The maximum Gasteiger partial charge on any atom is 0.125 e. The second-order valence-corrected chi connectivity index (χ2v) is 14.4. The molecule has 3 heterocycles. The fourth-order valence-electron chi connectivity index (χ4n) is 6.86. The molecule has 1 N–H and O–H groups in total. The number of methoxy groups -OCH3 is 2. The number of hydrogen-bond donors (Lipinski definition) is 1. The van der Waals surface area contributed by atoms with Crippen molar-refractivity contribution in [3.63, 3.8) is 0 Å². The first-order valence-corrected chi connectivity index (χ1v) is 19.4. The smallest absolute Gasteiger partial charge is 0.125 e. The van der Waals surface area contributed by atoms with Crippen LogP contribution in [0, 0.1) is 12.1 Å². The summed E-state index contributed by atoms with van der Waals surface area (Å²) in [5, 5.41) is 33.3. The Morgan fingerprint density at radius 3 is 1.44 bits per heavy atom. The SMILES string of the molecule is COc1c[c-]c(-n2nc3ccccc3n2)c2ccccc12.COc1c[c-]c(-n2nc3ccccc3n2)c2ccccc12.Oc1ccccc1C1=NC2C=CC=CC2S1.[Ir]. The van der Waals surface area contributed by atoms with Crippen molar-refractivity contribution in [1.29, 1.82) is 0 Å². The minimum atomic E-state index is 0. The molecule has 59 heavy (non-hydrogen) atoms. The van der Waals surface area contributed by atoms with Gasteiger partial charge in [-0.2, -0.15) is 42.1 Å². The van der Waals surface area contributed by atoms with Crippen molar-refractivity contribution in [3.8, 4) is 28.6 Å². The van der Waals surface area contributed by atoms with Crippen molar-refractivity contribution < 1.29 is 34.7 Å². The van der Waals surface area contributed by atoms with Crippen LogP contribution in [-0.4, -0.2) is 65.6 Å². The van der Waals surface area contributed by atoms with Crippen molar-refractivity contribution >= 4 is 60.4 Å². The quantitative estimate of drug-likeness (QED) is 0.170. The number of phenolic OH excluding ortho intramolecular Hbond substituents is 1. The van der Waals surface area contributed by atoms with E-state index < -0.39 is 0 Å². The number of hydrogen-bond acceptors (Lipinski definition) is 9.